The molecule has 0 amide bonds. The van der Waals surface area contributed by atoms with Crippen LogP contribution in [0.25, 0.3) is 11.1 Å². The van der Waals surface area contributed by atoms with E-state index < -0.39 is 0 Å². The highest BCUT2D eigenvalue weighted by atomic mass is 35.5. The van der Waals surface area contributed by atoms with Crippen molar-refractivity contribution in [1.82, 2.24) is 9.97 Å². The Labute approximate surface area is 111 Å². The van der Waals surface area contributed by atoms with Gasteiger partial charge in [0.2, 0.25) is 0 Å². The van der Waals surface area contributed by atoms with Gasteiger partial charge in [-0.25, -0.2) is 9.97 Å². The van der Waals surface area contributed by atoms with Crippen molar-refractivity contribution in [3.63, 3.8) is 0 Å². The molecule has 0 spiro atoms. The SMILES string of the molecule is Cl.NCCc1ncc(-c2cccc(Cl)c2)cn1. The summed E-state index contributed by atoms with van der Waals surface area (Å²) in [6.45, 7) is 0.566. The van der Waals surface area contributed by atoms with E-state index >= 15 is 0 Å². The van der Waals surface area contributed by atoms with Gasteiger partial charge in [-0.2, -0.15) is 0 Å². The first kappa shape index (κ1) is 13.9. The van der Waals surface area contributed by atoms with E-state index in [9.17, 15) is 0 Å². The molecule has 1 aromatic heterocycles. The summed E-state index contributed by atoms with van der Waals surface area (Å²) in [5, 5.41) is 0.712. The van der Waals surface area contributed by atoms with Gasteiger partial charge in [0, 0.05) is 29.4 Å². The van der Waals surface area contributed by atoms with Gasteiger partial charge in [0.05, 0.1) is 0 Å². The van der Waals surface area contributed by atoms with Crippen molar-refractivity contribution in [1.29, 1.82) is 0 Å². The number of nitrogens with zero attached hydrogens (tertiary/aromatic N) is 2. The first-order valence-electron chi connectivity index (χ1n) is 5.06. The molecule has 1 heterocycles. The molecule has 90 valence electrons. The fourth-order valence-electron chi connectivity index (χ4n) is 1.43. The zero-order valence-electron chi connectivity index (χ0n) is 9.14. The predicted octanol–water partition coefficient (Wildman–Crippen LogP) is 2.72. The lowest BCUT2D eigenvalue weighted by atomic mass is 10.1. The van der Waals surface area contributed by atoms with Gasteiger partial charge in [0.15, 0.2) is 0 Å². The van der Waals surface area contributed by atoms with Crippen LogP contribution in [0.4, 0.5) is 0 Å². The van der Waals surface area contributed by atoms with Gasteiger partial charge >= 0.3 is 0 Å². The van der Waals surface area contributed by atoms with E-state index in [1.54, 1.807) is 12.4 Å². The summed E-state index contributed by atoms with van der Waals surface area (Å²) < 4.78 is 0. The summed E-state index contributed by atoms with van der Waals surface area (Å²) in [6.07, 6.45) is 4.29. The van der Waals surface area contributed by atoms with Crippen LogP contribution in [0.2, 0.25) is 5.02 Å². The lowest BCUT2D eigenvalue weighted by Crippen LogP contribution is -2.06. The maximum Gasteiger partial charge on any atom is 0.129 e. The van der Waals surface area contributed by atoms with Crippen LogP contribution in [0, 0.1) is 0 Å². The van der Waals surface area contributed by atoms with Crippen LogP contribution in [0.3, 0.4) is 0 Å². The molecule has 0 aliphatic heterocycles. The average Bonchev–Trinajstić information content (AvgIpc) is 2.30. The van der Waals surface area contributed by atoms with Crippen molar-refractivity contribution in [2.45, 2.75) is 6.42 Å². The van der Waals surface area contributed by atoms with Gasteiger partial charge in [-0.05, 0) is 24.2 Å². The fraction of sp³-hybridized carbons (Fsp3) is 0.167. The smallest absolute Gasteiger partial charge is 0.129 e. The molecule has 0 saturated heterocycles. The van der Waals surface area contributed by atoms with Gasteiger partial charge in [0.25, 0.3) is 0 Å². The Morgan fingerprint density at radius 1 is 1.12 bits per heavy atom. The minimum absolute atomic E-state index is 0. The second-order valence-electron chi connectivity index (χ2n) is 3.44. The quantitative estimate of drug-likeness (QED) is 0.932. The van der Waals surface area contributed by atoms with E-state index in [0.717, 1.165) is 17.0 Å². The average molecular weight is 270 g/mol. The number of rotatable bonds is 3. The molecule has 17 heavy (non-hydrogen) atoms. The Morgan fingerprint density at radius 2 is 1.82 bits per heavy atom. The summed E-state index contributed by atoms with van der Waals surface area (Å²) in [7, 11) is 0. The zero-order chi connectivity index (χ0) is 11.4. The minimum atomic E-state index is 0. The van der Waals surface area contributed by atoms with E-state index in [4.69, 9.17) is 17.3 Å². The topological polar surface area (TPSA) is 51.8 Å². The molecule has 0 aliphatic rings. The van der Waals surface area contributed by atoms with Gasteiger partial charge in [-0.1, -0.05) is 23.7 Å². The first-order chi connectivity index (χ1) is 7.79. The molecule has 0 radical (unpaired) electrons. The van der Waals surface area contributed by atoms with Crippen LogP contribution < -0.4 is 5.73 Å². The van der Waals surface area contributed by atoms with Crippen molar-refractivity contribution in [3.05, 3.63) is 47.5 Å². The molecule has 2 aromatic rings. The number of hydrogen-bond donors (Lipinski definition) is 1. The largest absolute Gasteiger partial charge is 0.330 e. The van der Waals surface area contributed by atoms with Crippen molar-refractivity contribution < 1.29 is 0 Å². The maximum absolute atomic E-state index is 5.92. The van der Waals surface area contributed by atoms with Gasteiger partial charge in [-0.3, -0.25) is 0 Å². The standard InChI is InChI=1S/C12H12ClN3.ClH/c13-11-3-1-2-9(6-11)10-7-15-12(4-5-14)16-8-10;/h1-3,6-8H,4-5,14H2;1H. The molecule has 0 bridgehead atoms. The Balaban J connectivity index is 0.00000144. The maximum atomic E-state index is 5.92. The normalized spacial score (nSPS) is 9.76. The van der Waals surface area contributed by atoms with Crippen LogP contribution in [-0.4, -0.2) is 16.5 Å². The van der Waals surface area contributed by atoms with Crippen LogP contribution in [-0.2, 0) is 6.42 Å². The molecule has 1 aromatic carbocycles. The van der Waals surface area contributed by atoms with Gasteiger partial charge in [0.1, 0.15) is 5.82 Å². The van der Waals surface area contributed by atoms with Gasteiger partial charge in [-0.15, -0.1) is 12.4 Å². The van der Waals surface area contributed by atoms with Crippen molar-refractivity contribution >= 4 is 24.0 Å². The zero-order valence-corrected chi connectivity index (χ0v) is 10.7. The monoisotopic (exact) mass is 269 g/mol. The summed E-state index contributed by atoms with van der Waals surface area (Å²) in [5.41, 5.74) is 7.41. The van der Waals surface area contributed by atoms with E-state index in [2.05, 4.69) is 9.97 Å². The summed E-state index contributed by atoms with van der Waals surface area (Å²) in [5.74, 6) is 0.772. The predicted molar refractivity (Wildman–Crippen MR) is 72.5 cm³/mol. The lowest BCUT2D eigenvalue weighted by Gasteiger charge is -2.02. The number of hydrogen-bond acceptors (Lipinski definition) is 3. The number of benzene rings is 1. The highest BCUT2D eigenvalue weighted by Crippen LogP contribution is 2.21. The van der Waals surface area contributed by atoms with Crippen molar-refractivity contribution in [2.24, 2.45) is 5.73 Å². The second kappa shape index (κ2) is 6.55. The molecule has 0 fully saturated rings. The number of halogens is 2. The van der Waals surface area contributed by atoms with Crippen LogP contribution >= 0.6 is 24.0 Å². The van der Waals surface area contributed by atoms with E-state index in [1.807, 2.05) is 24.3 Å². The Kier molecular flexibility index (Phi) is 5.35. The lowest BCUT2D eigenvalue weighted by molar-refractivity contribution is 0.868. The summed E-state index contributed by atoms with van der Waals surface area (Å²) in [6, 6.07) is 7.62. The van der Waals surface area contributed by atoms with Crippen molar-refractivity contribution in [2.75, 3.05) is 6.54 Å². The third-order valence-corrected chi connectivity index (χ3v) is 2.47. The van der Waals surface area contributed by atoms with Crippen LogP contribution in [0.15, 0.2) is 36.7 Å². The molecule has 3 nitrogen and oxygen atoms in total. The molecule has 2 N–H and O–H groups in total. The highest BCUT2D eigenvalue weighted by Gasteiger charge is 2.00. The van der Waals surface area contributed by atoms with Gasteiger partial charge < -0.3 is 5.73 Å². The fourth-order valence-corrected chi connectivity index (χ4v) is 1.62. The van der Waals surface area contributed by atoms with Crippen LogP contribution in [0.1, 0.15) is 5.82 Å². The molecular weight excluding hydrogens is 257 g/mol. The number of nitrogens with two attached hydrogens (primary N) is 1. The molecule has 0 saturated carbocycles. The summed E-state index contributed by atoms with van der Waals surface area (Å²) >= 11 is 5.92. The van der Waals surface area contributed by atoms with E-state index in [0.29, 0.717) is 18.0 Å². The highest BCUT2D eigenvalue weighted by molar-refractivity contribution is 6.30. The van der Waals surface area contributed by atoms with Crippen molar-refractivity contribution in [3.8, 4) is 11.1 Å². The molecular formula is C12H13Cl2N3. The second-order valence-corrected chi connectivity index (χ2v) is 3.87. The van der Waals surface area contributed by atoms with E-state index in [-0.39, 0.29) is 12.4 Å². The molecule has 0 aliphatic carbocycles. The molecule has 2 rings (SSSR count). The third-order valence-electron chi connectivity index (χ3n) is 2.23. The van der Waals surface area contributed by atoms with Crippen LogP contribution in [0.5, 0.6) is 0 Å². The Bertz CT molecular complexity index is 471. The molecule has 5 heteroatoms. The molecule has 0 unspecified atom stereocenters. The third kappa shape index (κ3) is 3.66. The van der Waals surface area contributed by atoms with E-state index in [1.165, 1.54) is 0 Å². The Hall–Kier alpha value is -1.16. The first-order valence-corrected chi connectivity index (χ1v) is 5.44. The summed E-state index contributed by atoms with van der Waals surface area (Å²) in [4.78, 5) is 8.48. The minimum Gasteiger partial charge on any atom is -0.330 e. The number of aromatic nitrogens is 2. The Morgan fingerprint density at radius 3 is 2.41 bits per heavy atom. The molecule has 0 atom stereocenters.